The molecular formula is C19H20N2O5. The molecule has 26 heavy (non-hydrogen) atoms. The third-order valence-corrected chi connectivity index (χ3v) is 3.57. The number of allylic oxidation sites excluding steroid dienone is 2. The maximum Gasteiger partial charge on any atom is 0.268 e. The highest BCUT2D eigenvalue weighted by atomic mass is 16.5. The first-order chi connectivity index (χ1) is 12.5. The second-order valence-electron chi connectivity index (χ2n) is 5.56. The fourth-order valence-corrected chi connectivity index (χ4v) is 2.15. The van der Waals surface area contributed by atoms with Gasteiger partial charge in [-0.15, -0.1) is 0 Å². The molecule has 2 amide bonds. The lowest BCUT2D eigenvalue weighted by Gasteiger charge is -2.19. The van der Waals surface area contributed by atoms with Gasteiger partial charge >= 0.3 is 0 Å². The maximum atomic E-state index is 12.2. The predicted molar refractivity (Wildman–Crippen MR) is 96.1 cm³/mol. The third kappa shape index (κ3) is 5.44. The van der Waals surface area contributed by atoms with Crippen molar-refractivity contribution in [3.05, 3.63) is 71.7 Å². The van der Waals surface area contributed by atoms with Gasteiger partial charge in [-0.2, -0.15) is 0 Å². The van der Waals surface area contributed by atoms with Crippen molar-refractivity contribution in [3.63, 3.8) is 0 Å². The molecule has 0 radical (unpaired) electrons. The minimum Gasteiger partial charge on any atom is -0.472 e. The molecule has 2 unspecified atom stereocenters. The minimum absolute atomic E-state index is 0.326. The Hall–Kier alpha value is -3.16. The van der Waals surface area contributed by atoms with Gasteiger partial charge in [-0.3, -0.25) is 14.8 Å². The second kappa shape index (κ2) is 9.36. The highest BCUT2D eigenvalue weighted by Crippen LogP contribution is 2.08. The van der Waals surface area contributed by atoms with Crippen LogP contribution in [-0.2, 0) is 4.79 Å². The van der Waals surface area contributed by atoms with Crippen LogP contribution < -0.4 is 10.8 Å². The Morgan fingerprint density at radius 3 is 2.27 bits per heavy atom. The van der Waals surface area contributed by atoms with E-state index in [9.17, 15) is 14.7 Å². The number of hydroxylamine groups is 1. The molecule has 2 aromatic rings. The lowest BCUT2D eigenvalue weighted by atomic mass is 10.1. The van der Waals surface area contributed by atoms with Crippen LogP contribution in [0.4, 0.5) is 0 Å². The zero-order chi connectivity index (χ0) is 18.9. The molecule has 0 aliphatic heterocycles. The quantitative estimate of drug-likeness (QED) is 0.344. The van der Waals surface area contributed by atoms with Gasteiger partial charge in [0, 0.05) is 11.1 Å². The van der Waals surface area contributed by atoms with Gasteiger partial charge in [0.15, 0.2) is 0 Å². The smallest absolute Gasteiger partial charge is 0.268 e. The number of aliphatic hydroxyl groups excluding tert-OH is 1. The van der Waals surface area contributed by atoms with E-state index in [1.54, 1.807) is 36.8 Å². The molecule has 0 saturated heterocycles. The summed E-state index contributed by atoms with van der Waals surface area (Å²) in [5.41, 5.74) is 3.59. The number of furan rings is 1. The fraction of sp³-hybridized carbons (Fsp3) is 0.158. The van der Waals surface area contributed by atoms with Crippen LogP contribution in [0.2, 0.25) is 0 Å². The summed E-state index contributed by atoms with van der Waals surface area (Å²) in [6.45, 7) is 1.34. The van der Waals surface area contributed by atoms with Crippen LogP contribution in [0.25, 0.3) is 12.2 Å². The van der Waals surface area contributed by atoms with Crippen molar-refractivity contribution < 1.29 is 24.3 Å². The Bertz CT molecular complexity index is 777. The minimum atomic E-state index is -1.25. The van der Waals surface area contributed by atoms with Gasteiger partial charge in [0.05, 0.1) is 18.6 Å². The number of rotatable bonds is 7. The number of benzene rings is 1. The number of hydrogen-bond donors (Lipinski definition) is 4. The van der Waals surface area contributed by atoms with Crippen molar-refractivity contribution in [1.29, 1.82) is 0 Å². The number of carbonyl (C=O) groups excluding carboxylic acids is 2. The van der Waals surface area contributed by atoms with Crippen molar-refractivity contribution >= 4 is 24.0 Å². The van der Waals surface area contributed by atoms with E-state index < -0.39 is 24.0 Å². The van der Waals surface area contributed by atoms with Crippen molar-refractivity contribution in [1.82, 2.24) is 10.8 Å². The summed E-state index contributed by atoms with van der Waals surface area (Å²) in [4.78, 5) is 23.6. The topological polar surface area (TPSA) is 112 Å². The van der Waals surface area contributed by atoms with Gasteiger partial charge < -0.3 is 14.8 Å². The molecule has 2 atom stereocenters. The van der Waals surface area contributed by atoms with Crippen LogP contribution in [0, 0.1) is 0 Å². The van der Waals surface area contributed by atoms with Gasteiger partial charge in [0.1, 0.15) is 6.04 Å². The molecular weight excluding hydrogens is 336 g/mol. The number of carbonyl (C=O) groups is 2. The highest BCUT2D eigenvalue weighted by molar-refractivity contribution is 5.97. The summed E-state index contributed by atoms with van der Waals surface area (Å²) < 4.78 is 4.96. The summed E-state index contributed by atoms with van der Waals surface area (Å²) in [7, 11) is 0. The Balaban J connectivity index is 1.97. The van der Waals surface area contributed by atoms with Crippen LogP contribution in [0.15, 0.2) is 59.4 Å². The first-order valence-corrected chi connectivity index (χ1v) is 7.91. The van der Waals surface area contributed by atoms with Crippen LogP contribution in [0.5, 0.6) is 0 Å². The average Bonchev–Trinajstić information content (AvgIpc) is 3.16. The molecule has 1 aromatic heterocycles. The summed E-state index contributed by atoms with van der Waals surface area (Å²) in [5, 5.41) is 20.6. The van der Waals surface area contributed by atoms with Crippen LogP contribution in [0.3, 0.4) is 0 Å². The van der Waals surface area contributed by atoms with E-state index in [1.165, 1.54) is 12.4 Å². The van der Waals surface area contributed by atoms with Crippen LogP contribution in [-0.4, -0.2) is 34.3 Å². The van der Waals surface area contributed by atoms with Crippen molar-refractivity contribution in [2.75, 3.05) is 0 Å². The van der Waals surface area contributed by atoms with Crippen molar-refractivity contribution in [2.45, 2.75) is 19.1 Å². The van der Waals surface area contributed by atoms with Gasteiger partial charge in [-0.05, 0) is 30.7 Å². The monoisotopic (exact) mass is 356 g/mol. The molecule has 0 bridgehead atoms. The van der Waals surface area contributed by atoms with Gasteiger partial charge in [-0.25, -0.2) is 5.48 Å². The Labute approximate surface area is 150 Å². The predicted octanol–water partition coefficient (Wildman–Crippen LogP) is 1.99. The maximum absolute atomic E-state index is 12.2. The van der Waals surface area contributed by atoms with Crippen molar-refractivity contribution in [3.8, 4) is 0 Å². The molecule has 0 fully saturated rings. The fourth-order valence-electron chi connectivity index (χ4n) is 2.15. The first kappa shape index (κ1) is 19.2. The van der Waals surface area contributed by atoms with Gasteiger partial charge in [0.25, 0.3) is 11.8 Å². The highest BCUT2D eigenvalue weighted by Gasteiger charge is 2.25. The summed E-state index contributed by atoms with van der Waals surface area (Å²) in [6.07, 6.45) is 9.56. The lowest BCUT2D eigenvalue weighted by molar-refractivity contribution is -0.133. The molecule has 1 heterocycles. The standard InChI is InChI=1S/C19H20N2O5/c1-13(22)17(19(24)21-25)20-18(23)16-8-6-14(7-9-16)4-2-3-5-15-10-11-26-12-15/h2-13,17,22,25H,1H3,(H,20,23)(H,21,24)/b4-2+,5-3+. The van der Waals surface area contributed by atoms with E-state index in [0.29, 0.717) is 5.56 Å². The number of nitrogens with one attached hydrogen (secondary N) is 2. The Kier molecular flexibility index (Phi) is 6.90. The summed E-state index contributed by atoms with van der Waals surface area (Å²) in [5.74, 6) is -1.42. The van der Waals surface area contributed by atoms with E-state index in [-0.39, 0.29) is 0 Å². The zero-order valence-corrected chi connectivity index (χ0v) is 14.1. The summed E-state index contributed by atoms with van der Waals surface area (Å²) >= 11 is 0. The van der Waals surface area contributed by atoms with Gasteiger partial charge in [0.2, 0.25) is 0 Å². The van der Waals surface area contributed by atoms with Gasteiger partial charge in [-0.1, -0.05) is 36.4 Å². The number of aliphatic hydroxyl groups is 1. The molecule has 1 aromatic carbocycles. The average molecular weight is 356 g/mol. The second-order valence-corrected chi connectivity index (χ2v) is 5.56. The molecule has 0 aliphatic carbocycles. The third-order valence-electron chi connectivity index (χ3n) is 3.57. The molecule has 4 N–H and O–H groups in total. The lowest BCUT2D eigenvalue weighted by Crippen LogP contribution is -2.51. The first-order valence-electron chi connectivity index (χ1n) is 7.91. The number of hydrogen-bond acceptors (Lipinski definition) is 5. The molecule has 0 spiro atoms. The van der Waals surface area contributed by atoms with E-state index in [1.807, 2.05) is 30.4 Å². The van der Waals surface area contributed by atoms with E-state index in [0.717, 1.165) is 11.1 Å². The van der Waals surface area contributed by atoms with Crippen molar-refractivity contribution in [2.24, 2.45) is 0 Å². The zero-order valence-electron chi connectivity index (χ0n) is 14.1. The largest absolute Gasteiger partial charge is 0.472 e. The van der Waals surface area contributed by atoms with Crippen LogP contribution in [0.1, 0.15) is 28.4 Å². The van der Waals surface area contributed by atoms with E-state index in [2.05, 4.69) is 5.32 Å². The van der Waals surface area contributed by atoms with E-state index in [4.69, 9.17) is 9.62 Å². The molecule has 2 rings (SSSR count). The molecule has 136 valence electrons. The van der Waals surface area contributed by atoms with Crippen LogP contribution >= 0.6 is 0 Å². The summed E-state index contributed by atoms with van der Waals surface area (Å²) in [6, 6.07) is 7.30. The number of amides is 2. The normalized spacial score (nSPS) is 13.7. The molecule has 0 aliphatic rings. The molecule has 7 nitrogen and oxygen atoms in total. The Morgan fingerprint density at radius 2 is 1.73 bits per heavy atom. The Morgan fingerprint density at radius 1 is 1.08 bits per heavy atom. The molecule has 0 saturated carbocycles. The molecule has 7 heteroatoms. The van der Waals surface area contributed by atoms with E-state index >= 15 is 0 Å². The SMILES string of the molecule is CC(O)C(NC(=O)c1ccc(/C=C/C=C/c2ccoc2)cc1)C(=O)NO.